The highest BCUT2D eigenvalue weighted by Crippen LogP contribution is 2.27. The molecule has 0 spiro atoms. The van der Waals surface area contributed by atoms with Gasteiger partial charge in [-0.05, 0) is 24.4 Å². The Kier molecular flexibility index (Phi) is 5.18. The average Bonchev–Trinajstić information content (AvgIpc) is 2.78. The van der Waals surface area contributed by atoms with Gasteiger partial charge in [0, 0.05) is 16.3 Å². The summed E-state index contributed by atoms with van der Waals surface area (Å²) >= 11 is 4.90. The van der Waals surface area contributed by atoms with Gasteiger partial charge in [-0.25, -0.2) is 0 Å². The summed E-state index contributed by atoms with van der Waals surface area (Å²) < 4.78 is 3.96. The van der Waals surface area contributed by atoms with Crippen LogP contribution in [-0.4, -0.2) is 26.4 Å². The Bertz CT molecular complexity index is 469. The summed E-state index contributed by atoms with van der Waals surface area (Å²) in [6, 6.07) is 0.208. The zero-order valence-corrected chi connectivity index (χ0v) is 14.7. The van der Waals surface area contributed by atoms with E-state index in [1.165, 1.54) is 30.8 Å². The maximum atomic E-state index is 12.5. The molecule has 2 atom stereocenters. The van der Waals surface area contributed by atoms with E-state index in [1.54, 1.807) is 0 Å². The van der Waals surface area contributed by atoms with Crippen molar-refractivity contribution in [3.05, 3.63) is 10.6 Å². The normalized spacial score (nSPS) is 24.2. The summed E-state index contributed by atoms with van der Waals surface area (Å²) in [4.78, 5) is 13.5. The number of amides is 1. The fraction of sp³-hybridized carbons (Fsp3) is 0.786. The van der Waals surface area contributed by atoms with E-state index in [0.29, 0.717) is 9.70 Å². The molecule has 1 aromatic rings. The Morgan fingerprint density at radius 3 is 2.70 bits per heavy atom. The molecule has 1 aliphatic rings. The number of hydrogen-bond donors (Lipinski definition) is 1. The third-order valence-corrected chi connectivity index (χ3v) is 5.47. The summed E-state index contributed by atoms with van der Waals surface area (Å²) in [7, 11) is 0. The monoisotopic (exact) mass is 359 g/mol. The number of carbonyl (C=O) groups excluding carboxylic acids is 1. The SMILES string of the molecule is CC(C)(C)c1nnsc1C(=O)NC1CCCCCC1Br. The zero-order chi connectivity index (χ0) is 14.8. The van der Waals surface area contributed by atoms with E-state index < -0.39 is 0 Å². The molecule has 0 radical (unpaired) electrons. The van der Waals surface area contributed by atoms with Crippen LogP contribution in [0.1, 0.15) is 68.2 Å². The molecule has 1 aliphatic carbocycles. The number of rotatable bonds is 2. The largest absolute Gasteiger partial charge is 0.347 e. The maximum Gasteiger partial charge on any atom is 0.265 e. The number of nitrogens with one attached hydrogen (secondary N) is 1. The predicted octanol–water partition coefficient (Wildman–Crippen LogP) is 3.66. The molecule has 0 bridgehead atoms. The fourth-order valence-electron chi connectivity index (χ4n) is 2.49. The van der Waals surface area contributed by atoms with Crippen molar-refractivity contribution in [3.8, 4) is 0 Å². The van der Waals surface area contributed by atoms with E-state index in [9.17, 15) is 4.79 Å². The van der Waals surface area contributed by atoms with Crippen LogP contribution in [0.4, 0.5) is 0 Å². The number of hydrogen-bond acceptors (Lipinski definition) is 4. The van der Waals surface area contributed by atoms with Crippen LogP contribution in [0.25, 0.3) is 0 Å². The molecule has 20 heavy (non-hydrogen) atoms. The van der Waals surface area contributed by atoms with Crippen molar-refractivity contribution < 1.29 is 4.79 Å². The first-order chi connectivity index (χ1) is 9.39. The molecule has 0 saturated heterocycles. The number of carbonyl (C=O) groups is 1. The van der Waals surface area contributed by atoms with Gasteiger partial charge < -0.3 is 5.32 Å². The molecule has 112 valence electrons. The lowest BCUT2D eigenvalue weighted by atomic mass is 9.91. The minimum Gasteiger partial charge on any atom is -0.347 e. The van der Waals surface area contributed by atoms with Crippen LogP contribution < -0.4 is 5.32 Å². The van der Waals surface area contributed by atoms with Crippen molar-refractivity contribution in [2.45, 2.75) is 69.2 Å². The van der Waals surface area contributed by atoms with Crippen LogP contribution in [0.2, 0.25) is 0 Å². The quantitative estimate of drug-likeness (QED) is 0.647. The van der Waals surface area contributed by atoms with Gasteiger partial charge >= 0.3 is 0 Å². The van der Waals surface area contributed by atoms with Crippen LogP contribution in [-0.2, 0) is 5.41 Å². The molecule has 1 fully saturated rings. The number of nitrogens with zero attached hydrogens (tertiary/aromatic N) is 2. The molecule has 0 aliphatic heterocycles. The molecule has 2 rings (SSSR count). The summed E-state index contributed by atoms with van der Waals surface area (Å²) in [5.74, 6) is -0.0266. The first-order valence-corrected chi connectivity index (χ1v) is 8.86. The second-order valence-electron chi connectivity index (χ2n) is 6.43. The Labute approximate surface area is 133 Å². The van der Waals surface area contributed by atoms with E-state index in [1.807, 2.05) is 0 Å². The van der Waals surface area contributed by atoms with Crippen molar-refractivity contribution in [1.29, 1.82) is 0 Å². The second-order valence-corrected chi connectivity index (χ2v) is 8.36. The highest BCUT2D eigenvalue weighted by atomic mass is 79.9. The van der Waals surface area contributed by atoms with Crippen molar-refractivity contribution in [2.75, 3.05) is 0 Å². The molecule has 4 nitrogen and oxygen atoms in total. The van der Waals surface area contributed by atoms with Crippen molar-refractivity contribution >= 4 is 33.4 Å². The Balaban J connectivity index is 2.10. The second kappa shape index (κ2) is 6.52. The van der Waals surface area contributed by atoms with Gasteiger partial charge in [0.05, 0.1) is 5.69 Å². The fourth-order valence-corrected chi connectivity index (χ4v) is 3.99. The van der Waals surface area contributed by atoms with Gasteiger partial charge in [-0.1, -0.05) is 60.5 Å². The highest BCUT2D eigenvalue weighted by molar-refractivity contribution is 9.09. The van der Waals surface area contributed by atoms with Gasteiger partial charge in [-0.15, -0.1) is 5.10 Å². The lowest BCUT2D eigenvalue weighted by Crippen LogP contribution is -2.40. The average molecular weight is 360 g/mol. The minimum absolute atomic E-state index is 0.0266. The van der Waals surface area contributed by atoms with Gasteiger partial charge in [-0.3, -0.25) is 4.79 Å². The Hall–Kier alpha value is -0.490. The zero-order valence-electron chi connectivity index (χ0n) is 12.3. The molecular formula is C14H22BrN3OS. The molecule has 1 saturated carbocycles. The third-order valence-electron chi connectivity index (χ3n) is 3.65. The standard InChI is InChI=1S/C14H22BrN3OS/c1-14(2,3)12-11(20-18-17-12)13(19)16-10-8-6-4-5-7-9(10)15/h9-10H,4-8H2,1-3H3,(H,16,19). The van der Waals surface area contributed by atoms with Crippen LogP contribution in [0.3, 0.4) is 0 Å². The molecule has 2 unspecified atom stereocenters. The van der Waals surface area contributed by atoms with Gasteiger partial charge in [0.25, 0.3) is 5.91 Å². The number of aromatic nitrogens is 2. The summed E-state index contributed by atoms with van der Waals surface area (Å²) in [5.41, 5.74) is 0.636. The molecule has 0 aromatic carbocycles. The molecule has 1 heterocycles. The van der Waals surface area contributed by atoms with E-state index >= 15 is 0 Å². The van der Waals surface area contributed by atoms with Gasteiger partial charge in [-0.2, -0.15) is 0 Å². The molecule has 1 amide bonds. The third kappa shape index (κ3) is 3.79. The van der Waals surface area contributed by atoms with Gasteiger partial charge in [0.1, 0.15) is 4.88 Å². The van der Waals surface area contributed by atoms with E-state index in [0.717, 1.165) is 18.5 Å². The van der Waals surface area contributed by atoms with Crippen molar-refractivity contribution in [2.24, 2.45) is 0 Å². The smallest absolute Gasteiger partial charge is 0.265 e. The first kappa shape index (κ1) is 15.9. The van der Waals surface area contributed by atoms with Crippen LogP contribution >= 0.6 is 27.5 Å². The van der Waals surface area contributed by atoms with Crippen LogP contribution in [0.5, 0.6) is 0 Å². The van der Waals surface area contributed by atoms with E-state index in [4.69, 9.17) is 0 Å². The topological polar surface area (TPSA) is 54.9 Å². The Morgan fingerprint density at radius 2 is 2.00 bits per heavy atom. The van der Waals surface area contributed by atoms with E-state index in [-0.39, 0.29) is 17.4 Å². The maximum absolute atomic E-state index is 12.5. The minimum atomic E-state index is -0.156. The van der Waals surface area contributed by atoms with E-state index in [2.05, 4.69) is 51.6 Å². The van der Waals surface area contributed by atoms with Crippen molar-refractivity contribution in [1.82, 2.24) is 14.9 Å². The molecule has 6 heteroatoms. The summed E-state index contributed by atoms with van der Waals surface area (Å²) in [6.07, 6.45) is 5.83. The summed E-state index contributed by atoms with van der Waals surface area (Å²) in [5, 5.41) is 7.30. The van der Waals surface area contributed by atoms with Gasteiger partial charge in [0.2, 0.25) is 0 Å². The number of alkyl halides is 1. The first-order valence-electron chi connectivity index (χ1n) is 7.17. The highest BCUT2D eigenvalue weighted by Gasteiger charge is 2.29. The van der Waals surface area contributed by atoms with Gasteiger partial charge in [0.15, 0.2) is 0 Å². The molecular weight excluding hydrogens is 338 g/mol. The Morgan fingerprint density at radius 1 is 1.30 bits per heavy atom. The van der Waals surface area contributed by atoms with Crippen LogP contribution in [0, 0.1) is 0 Å². The molecule has 1 N–H and O–H groups in total. The van der Waals surface area contributed by atoms with Crippen LogP contribution in [0.15, 0.2) is 0 Å². The lowest BCUT2D eigenvalue weighted by Gasteiger charge is -2.22. The molecule has 1 aromatic heterocycles. The number of halogens is 1. The van der Waals surface area contributed by atoms with Crippen molar-refractivity contribution in [3.63, 3.8) is 0 Å². The predicted molar refractivity (Wildman–Crippen MR) is 85.7 cm³/mol. The summed E-state index contributed by atoms with van der Waals surface area (Å²) in [6.45, 7) is 6.17. The lowest BCUT2D eigenvalue weighted by molar-refractivity contribution is 0.0936.